The zero-order valence-electron chi connectivity index (χ0n) is 13.4. The minimum atomic E-state index is 0.128. The lowest BCUT2D eigenvalue weighted by molar-refractivity contribution is -0.118. The molecule has 0 aromatic rings. The molecule has 0 saturated heterocycles. The molecule has 2 rings (SSSR count). The van der Waals surface area contributed by atoms with E-state index in [1.165, 1.54) is 44.9 Å². The van der Waals surface area contributed by atoms with Gasteiger partial charge in [-0.05, 0) is 63.7 Å². The number of hydrogen-bond donors (Lipinski definition) is 0. The minimum Gasteiger partial charge on any atom is -0.299 e. The van der Waals surface area contributed by atoms with Crippen molar-refractivity contribution in [1.29, 1.82) is 0 Å². The maximum absolute atomic E-state index is 11.4. The van der Waals surface area contributed by atoms with Crippen LogP contribution in [0.1, 0.15) is 65.7 Å². The first-order valence-corrected chi connectivity index (χ1v) is 8.44. The second kappa shape index (κ2) is 7.24. The summed E-state index contributed by atoms with van der Waals surface area (Å²) in [6.45, 7) is 5.86. The van der Waals surface area contributed by atoms with E-state index in [1.807, 2.05) is 6.92 Å². The Morgan fingerprint density at radius 2 is 2.15 bits per heavy atom. The van der Waals surface area contributed by atoms with Crippen LogP contribution in [0, 0.1) is 23.7 Å². The second-order valence-corrected chi connectivity index (χ2v) is 6.89. The Morgan fingerprint density at radius 3 is 2.75 bits per heavy atom. The summed E-state index contributed by atoms with van der Waals surface area (Å²) in [5, 5.41) is 0. The summed E-state index contributed by atoms with van der Waals surface area (Å²) >= 11 is 0. The highest BCUT2D eigenvalue weighted by Crippen LogP contribution is 2.53. The van der Waals surface area contributed by atoms with E-state index < -0.39 is 0 Å². The molecule has 20 heavy (non-hydrogen) atoms. The van der Waals surface area contributed by atoms with Gasteiger partial charge in [-0.2, -0.15) is 0 Å². The summed E-state index contributed by atoms with van der Waals surface area (Å²) in [6, 6.07) is 0. The molecule has 2 saturated carbocycles. The molecule has 0 radical (unpaired) electrons. The molecule has 0 heterocycles. The van der Waals surface area contributed by atoms with E-state index in [9.17, 15) is 4.79 Å². The van der Waals surface area contributed by atoms with Crippen LogP contribution in [0.3, 0.4) is 0 Å². The van der Waals surface area contributed by atoms with Gasteiger partial charge in [0.2, 0.25) is 0 Å². The molecular weight excluding hydrogens is 244 g/mol. The van der Waals surface area contributed by atoms with Crippen LogP contribution in [0.4, 0.5) is 0 Å². The fourth-order valence-corrected chi connectivity index (χ4v) is 4.07. The Hall–Kier alpha value is -0.850. The molecule has 112 valence electrons. The number of ketones is 1. The standard InChI is InChI=1S/C19H30O/c1-4-5-6-7-8-9-16-11-19-13-18(16)12-17(19)10-14(2)15(3)20/h4-5,10,14,16,18-19H,6-9,11-13H2,1-3H3. The van der Waals surface area contributed by atoms with Crippen molar-refractivity contribution in [2.75, 3.05) is 0 Å². The van der Waals surface area contributed by atoms with E-state index in [0.29, 0.717) is 5.78 Å². The van der Waals surface area contributed by atoms with Gasteiger partial charge < -0.3 is 0 Å². The summed E-state index contributed by atoms with van der Waals surface area (Å²) in [4.78, 5) is 11.4. The molecule has 2 bridgehead atoms. The third-order valence-corrected chi connectivity index (χ3v) is 5.40. The van der Waals surface area contributed by atoms with Gasteiger partial charge in [0.1, 0.15) is 5.78 Å². The molecule has 4 atom stereocenters. The molecule has 0 spiro atoms. The maximum atomic E-state index is 11.4. The first-order valence-electron chi connectivity index (χ1n) is 8.44. The number of Topliss-reactive ketones (excluding diaryl/α,β-unsaturated/α-hetero) is 1. The number of fused-ring (bicyclic) bond motifs is 2. The smallest absolute Gasteiger partial charge is 0.136 e. The molecule has 2 fully saturated rings. The molecular formula is C19H30O. The lowest BCUT2D eigenvalue weighted by atomic mass is 9.81. The summed E-state index contributed by atoms with van der Waals surface area (Å²) in [5.74, 6) is 3.13. The number of hydrogen-bond acceptors (Lipinski definition) is 1. The quantitative estimate of drug-likeness (QED) is 0.453. The van der Waals surface area contributed by atoms with Crippen molar-refractivity contribution >= 4 is 5.78 Å². The van der Waals surface area contributed by atoms with E-state index in [0.717, 1.165) is 17.8 Å². The van der Waals surface area contributed by atoms with Gasteiger partial charge in [-0.25, -0.2) is 0 Å². The predicted molar refractivity (Wildman–Crippen MR) is 85.5 cm³/mol. The zero-order chi connectivity index (χ0) is 14.5. The monoisotopic (exact) mass is 274 g/mol. The summed E-state index contributed by atoms with van der Waals surface area (Å²) < 4.78 is 0. The normalized spacial score (nSPS) is 32.4. The molecule has 1 heteroatoms. The number of rotatable bonds is 7. The van der Waals surface area contributed by atoms with Crippen LogP contribution in [0.15, 0.2) is 23.8 Å². The van der Waals surface area contributed by atoms with Crippen LogP contribution in [0.2, 0.25) is 0 Å². The predicted octanol–water partition coefficient (Wildman–Crippen LogP) is 5.32. The second-order valence-electron chi connectivity index (χ2n) is 6.89. The van der Waals surface area contributed by atoms with Gasteiger partial charge in [-0.3, -0.25) is 4.79 Å². The lowest BCUT2D eigenvalue weighted by Crippen LogP contribution is -2.13. The fraction of sp³-hybridized carbons (Fsp3) is 0.737. The molecule has 0 amide bonds. The average Bonchev–Trinajstić information content (AvgIpc) is 2.98. The number of carbonyl (C=O) groups is 1. The van der Waals surface area contributed by atoms with E-state index >= 15 is 0 Å². The largest absolute Gasteiger partial charge is 0.299 e. The van der Waals surface area contributed by atoms with Gasteiger partial charge in [-0.15, -0.1) is 0 Å². The molecule has 0 aromatic carbocycles. The van der Waals surface area contributed by atoms with E-state index in [4.69, 9.17) is 0 Å². The van der Waals surface area contributed by atoms with Crippen molar-refractivity contribution in [3.63, 3.8) is 0 Å². The van der Waals surface area contributed by atoms with Crippen molar-refractivity contribution in [2.24, 2.45) is 23.7 Å². The first-order chi connectivity index (χ1) is 9.61. The highest BCUT2D eigenvalue weighted by Gasteiger charge is 2.42. The van der Waals surface area contributed by atoms with Crippen molar-refractivity contribution in [1.82, 2.24) is 0 Å². The molecule has 4 unspecified atom stereocenters. The van der Waals surface area contributed by atoms with Gasteiger partial charge in [0.25, 0.3) is 0 Å². The van der Waals surface area contributed by atoms with Gasteiger partial charge in [0.15, 0.2) is 0 Å². The van der Waals surface area contributed by atoms with Crippen molar-refractivity contribution in [2.45, 2.75) is 65.7 Å². The lowest BCUT2D eigenvalue weighted by Gasteiger charge is -2.24. The summed E-state index contributed by atoms with van der Waals surface area (Å²) in [6.07, 6.45) is 16.2. The maximum Gasteiger partial charge on any atom is 0.136 e. The highest BCUT2D eigenvalue weighted by atomic mass is 16.1. The molecule has 0 aromatic heterocycles. The third kappa shape index (κ3) is 3.84. The topological polar surface area (TPSA) is 17.1 Å². The molecule has 0 N–H and O–H groups in total. The van der Waals surface area contributed by atoms with Gasteiger partial charge in [0, 0.05) is 5.92 Å². The number of carbonyl (C=O) groups excluding carboxylic acids is 1. The Labute approximate surface area is 124 Å². The minimum absolute atomic E-state index is 0.128. The first kappa shape index (κ1) is 15.5. The Morgan fingerprint density at radius 1 is 1.35 bits per heavy atom. The molecule has 2 aliphatic carbocycles. The van der Waals surface area contributed by atoms with Gasteiger partial charge in [0.05, 0.1) is 0 Å². The third-order valence-electron chi connectivity index (χ3n) is 5.40. The van der Waals surface area contributed by atoms with Crippen molar-refractivity contribution in [3.8, 4) is 0 Å². The van der Waals surface area contributed by atoms with Gasteiger partial charge >= 0.3 is 0 Å². The van der Waals surface area contributed by atoms with E-state index in [-0.39, 0.29) is 5.92 Å². The Bertz CT molecular complexity index is 391. The zero-order valence-corrected chi connectivity index (χ0v) is 13.4. The van der Waals surface area contributed by atoms with E-state index in [2.05, 4.69) is 25.2 Å². The average molecular weight is 274 g/mol. The Balaban J connectivity index is 1.75. The SMILES string of the molecule is CC=CCCCCC1CC2CC1CC2=CC(C)C(C)=O. The van der Waals surface area contributed by atoms with Crippen LogP contribution in [0.5, 0.6) is 0 Å². The molecule has 0 aliphatic heterocycles. The fourth-order valence-electron chi connectivity index (χ4n) is 4.07. The Kier molecular flexibility index (Phi) is 5.63. The van der Waals surface area contributed by atoms with Gasteiger partial charge in [-0.1, -0.05) is 43.6 Å². The summed E-state index contributed by atoms with van der Waals surface area (Å²) in [7, 11) is 0. The van der Waals surface area contributed by atoms with Crippen LogP contribution >= 0.6 is 0 Å². The van der Waals surface area contributed by atoms with E-state index in [1.54, 1.807) is 12.5 Å². The van der Waals surface area contributed by atoms with Crippen molar-refractivity contribution < 1.29 is 4.79 Å². The molecule has 1 nitrogen and oxygen atoms in total. The molecule has 2 aliphatic rings. The van der Waals surface area contributed by atoms with Crippen LogP contribution in [-0.2, 0) is 4.79 Å². The number of unbranched alkanes of at least 4 members (excludes halogenated alkanes) is 2. The van der Waals surface area contributed by atoms with Crippen LogP contribution in [-0.4, -0.2) is 5.78 Å². The number of allylic oxidation sites excluding steroid dienone is 4. The highest BCUT2D eigenvalue weighted by molar-refractivity contribution is 5.79. The summed E-state index contributed by atoms with van der Waals surface area (Å²) in [5.41, 5.74) is 1.60. The van der Waals surface area contributed by atoms with Crippen molar-refractivity contribution in [3.05, 3.63) is 23.8 Å². The van der Waals surface area contributed by atoms with Crippen LogP contribution < -0.4 is 0 Å². The van der Waals surface area contributed by atoms with Crippen LogP contribution in [0.25, 0.3) is 0 Å².